The number of nitrogens with one attached hydrogen (secondary N) is 4. The van der Waals surface area contributed by atoms with Gasteiger partial charge < -0.3 is 35.8 Å². The summed E-state index contributed by atoms with van der Waals surface area (Å²) in [6.07, 6.45) is 3.13. The molecule has 2 aromatic carbocycles. The van der Waals surface area contributed by atoms with Crippen molar-refractivity contribution >= 4 is 29.5 Å². The molecule has 2 aromatic rings. The van der Waals surface area contributed by atoms with Gasteiger partial charge >= 0.3 is 0 Å². The Morgan fingerprint density at radius 3 is 2.33 bits per heavy atom. The average molecular weight is 633 g/mol. The molecular formula is C34H44N6O6. The molecule has 0 unspecified atom stereocenters. The topological polar surface area (TPSA) is 149 Å². The third-order valence-electron chi connectivity index (χ3n) is 8.94. The molecule has 0 radical (unpaired) electrons. The van der Waals surface area contributed by atoms with Gasteiger partial charge in [0.25, 0.3) is 5.91 Å². The quantitative estimate of drug-likeness (QED) is 0.385. The van der Waals surface area contributed by atoms with Gasteiger partial charge in [-0.25, -0.2) is 0 Å². The standard InChI is InChI=1S/C34H44N6O6/c1-22-31(42)38-27(32(43)36-25-14-17-39(2)18-15-25)19-24-10-12-26(13-11-24)46-21-30(41)37-28(20-23-7-4-3-5-8-23)34(45)40-16-6-9-29(40)33(44)35-22/h3-5,7-8,10-13,22,25,27-29H,6,9,14-21H2,1-2H3,(H,35,44)(H,36,43)(H,37,41)(H,38,42)/t22-,27-,28+,29+/m0/s1. The summed E-state index contributed by atoms with van der Waals surface area (Å²) >= 11 is 0. The Bertz CT molecular complexity index is 1390. The zero-order valence-corrected chi connectivity index (χ0v) is 26.5. The first-order chi connectivity index (χ1) is 22.2. The van der Waals surface area contributed by atoms with Gasteiger partial charge in [0, 0.05) is 25.4 Å². The largest absolute Gasteiger partial charge is 0.484 e. The van der Waals surface area contributed by atoms with Crippen LogP contribution < -0.4 is 26.0 Å². The van der Waals surface area contributed by atoms with Crippen LogP contribution in [0.2, 0.25) is 0 Å². The lowest BCUT2D eigenvalue weighted by molar-refractivity contribution is -0.142. The third kappa shape index (κ3) is 8.63. The van der Waals surface area contributed by atoms with E-state index in [-0.39, 0.29) is 37.3 Å². The van der Waals surface area contributed by atoms with Crippen LogP contribution in [-0.4, -0.2) is 103 Å². The van der Waals surface area contributed by atoms with Crippen LogP contribution in [0.4, 0.5) is 0 Å². The Kier molecular flexibility index (Phi) is 10.9. The molecule has 5 amide bonds. The fraction of sp³-hybridized carbons (Fsp3) is 0.500. The maximum Gasteiger partial charge on any atom is 0.258 e. The van der Waals surface area contributed by atoms with E-state index in [9.17, 15) is 24.0 Å². The predicted octanol–water partition coefficient (Wildman–Crippen LogP) is 0.540. The summed E-state index contributed by atoms with van der Waals surface area (Å²) in [5.74, 6) is -1.64. The van der Waals surface area contributed by atoms with Gasteiger partial charge in [-0.15, -0.1) is 0 Å². The Morgan fingerprint density at radius 2 is 1.61 bits per heavy atom. The minimum absolute atomic E-state index is 0.00762. The SMILES string of the molecule is C[C@@H]1NC(=O)[C@H]2CCCN2C(=O)[C@@H](Cc2ccccc2)NC(=O)COc2ccc(cc2)C[C@@H](C(=O)NC2CCN(C)CC2)NC1=O. The Morgan fingerprint density at radius 1 is 0.891 bits per heavy atom. The molecule has 4 heterocycles. The highest BCUT2D eigenvalue weighted by Crippen LogP contribution is 2.21. The molecular weight excluding hydrogens is 588 g/mol. The molecule has 4 atom stereocenters. The van der Waals surface area contributed by atoms with Crippen molar-refractivity contribution in [3.8, 4) is 5.75 Å². The average Bonchev–Trinajstić information content (AvgIpc) is 3.55. The van der Waals surface area contributed by atoms with Gasteiger partial charge in [-0.05, 0) is 76.0 Å². The van der Waals surface area contributed by atoms with E-state index in [2.05, 4.69) is 26.2 Å². The maximum atomic E-state index is 13.9. The van der Waals surface area contributed by atoms with Crippen molar-refractivity contribution in [3.05, 3.63) is 65.7 Å². The number of benzene rings is 2. The summed E-state index contributed by atoms with van der Waals surface area (Å²) in [6.45, 7) is 3.35. The second-order valence-corrected chi connectivity index (χ2v) is 12.5. The van der Waals surface area contributed by atoms with Crippen LogP contribution in [-0.2, 0) is 36.8 Å². The second-order valence-electron chi connectivity index (χ2n) is 12.5. The van der Waals surface area contributed by atoms with E-state index >= 15 is 0 Å². The normalized spacial score (nSPS) is 25.7. The van der Waals surface area contributed by atoms with Gasteiger partial charge in [-0.2, -0.15) is 0 Å². The zero-order chi connectivity index (χ0) is 32.6. The zero-order valence-electron chi connectivity index (χ0n) is 26.5. The number of hydrogen-bond acceptors (Lipinski definition) is 7. The van der Waals surface area contributed by atoms with E-state index in [1.54, 1.807) is 31.2 Å². The number of ether oxygens (including phenoxy) is 1. The minimum Gasteiger partial charge on any atom is -0.484 e. The van der Waals surface area contributed by atoms with Crippen molar-refractivity contribution in [2.75, 3.05) is 33.3 Å². The lowest BCUT2D eigenvalue weighted by Crippen LogP contribution is -2.58. The number of amides is 5. The molecule has 6 rings (SSSR count). The minimum atomic E-state index is -0.957. The van der Waals surface area contributed by atoms with E-state index in [1.165, 1.54) is 4.90 Å². The van der Waals surface area contributed by atoms with Crippen molar-refractivity contribution in [2.24, 2.45) is 0 Å². The highest BCUT2D eigenvalue weighted by Gasteiger charge is 2.39. The van der Waals surface area contributed by atoms with Crippen LogP contribution in [0.3, 0.4) is 0 Å². The molecule has 0 spiro atoms. The highest BCUT2D eigenvalue weighted by atomic mass is 16.5. The maximum absolute atomic E-state index is 13.9. The van der Waals surface area contributed by atoms with Gasteiger partial charge in [0.15, 0.2) is 6.61 Å². The molecule has 0 aliphatic carbocycles. The molecule has 46 heavy (non-hydrogen) atoms. The lowest BCUT2D eigenvalue weighted by Gasteiger charge is -2.31. The monoisotopic (exact) mass is 632 g/mol. The van der Waals surface area contributed by atoms with Gasteiger partial charge in [0.05, 0.1) is 0 Å². The molecule has 12 heteroatoms. The number of carbonyl (C=O) groups excluding carboxylic acids is 5. The summed E-state index contributed by atoms with van der Waals surface area (Å²) in [4.78, 5) is 70.9. The molecule has 12 nitrogen and oxygen atoms in total. The third-order valence-corrected chi connectivity index (χ3v) is 8.94. The molecule has 2 bridgehead atoms. The number of fused-ring (bicyclic) bond motifs is 13. The van der Waals surface area contributed by atoms with Crippen LogP contribution in [0.1, 0.15) is 43.7 Å². The molecule has 246 valence electrons. The fourth-order valence-corrected chi connectivity index (χ4v) is 6.23. The molecule has 4 aliphatic rings. The van der Waals surface area contributed by atoms with Crippen molar-refractivity contribution in [1.82, 2.24) is 31.1 Å². The van der Waals surface area contributed by atoms with Crippen molar-refractivity contribution in [1.29, 1.82) is 0 Å². The summed E-state index contributed by atoms with van der Waals surface area (Å²) in [6, 6.07) is 12.8. The Labute approximate surface area is 269 Å². The lowest BCUT2D eigenvalue weighted by atomic mass is 10.0. The summed E-state index contributed by atoms with van der Waals surface area (Å²) in [5.41, 5.74) is 1.64. The van der Waals surface area contributed by atoms with E-state index in [1.807, 2.05) is 37.4 Å². The molecule has 0 aromatic heterocycles. The number of rotatable bonds is 4. The van der Waals surface area contributed by atoms with Crippen LogP contribution in [0.15, 0.2) is 54.6 Å². The van der Waals surface area contributed by atoms with E-state index < -0.39 is 41.9 Å². The number of likely N-dealkylation sites (tertiary alicyclic amines) is 1. The molecule has 0 saturated carbocycles. The van der Waals surface area contributed by atoms with Gasteiger partial charge in [-0.1, -0.05) is 42.5 Å². The van der Waals surface area contributed by atoms with Crippen molar-refractivity contribution in [2.45, 2.75) is 75.7 Å². The van der Waals surface area contributed by atoms with Crippen LogP contribution in [0.5, 0.6) is 5.75 Å². The summed E-state index contributed by atoms with van der Waals surface area (Å²) in [5, 5.41) is 11.5. The Hall–Kier alpha value is -4.45. The fourth-order valence-electron chi connectivity index (χ4n) is 6.23. The van der Waals surface area contributed by atoms with Crippen molar-refractivity contribution in [3.63, 3.8) is 0 Å². The predicted molar refractivity (Wildman–Crippen MR) is 171 cm³/mol. The first-order valence-corrected chi connectivity index (χ1v) is 16.1. The molecule has 4 N–H and O–H groups in total. The number of nitrogens with zero attached hydrogens (tertiary/aromatic N) is 2. The number of piperidine rings is 1. The first kappa shape index (κ1) is 32.9. The summed E-state index contributed by atoms with van der Waals surface area (Å²) < 4.78 is 5.73. The van der Waals surface area contributed by atoms with Crippen LogP contribution in [0, 0.1) is 0 Å². The smallest absolute Gasteiger partial charge is 0.258 e. The second kappa shape index (κ2) is 15.2. The van der Waals surface area contributed by atoms with E-state index in [0.29, 0.717) is 25.1 Å². The molecule has 2 saturated heterocycles. The number of carbonyl (C=O) groups is 5. The molecule has 2 fully saturated rings. The van der Waals surface area contributed by atoms with Gasteiger partial charge in [-0.3, -0.25) is 24.0 Å². The first-order valence-electron chi connectivity index (χ1n) is 16.1. The van der Waals surface area contributed by atoms with E-state index in [0.717, 1.165) is 37.1 Å². The number of hydrogen-bond donors (Lipinski definition) is 4. The van der Waals surface area contributed by atoms with Gasteiger partial charge in [0.1, 0.15) is 29.9 Å². The van der Waals surface area contributed by atoms with Crippen molar-refractivity contribution < 1.29 is 28.7 Å². The summed E-state index contributed by atoms with van der Waals surface area (Å²) in [7, 11) is 2.05. The van der Waals surface area contributed by atoms with Crippen LogP contribution >= 0.6 is 0 Å². The van der Waals surface area contributed by atoms with Crippen LogP contribution in [0.25, 0.3) is 0 Å². The highest BCUT2D eigenvalue weighted by molar-refractivity contribution is 5.96. The molecule has 4 aliphatic heterocycles. The van der Waals surface area contributed by atoms with Gasteiger partial charge in [0.2, 0.25) is 23.6 Å². The van der Waals surface area contributed by atoms with E-state index in [4.69, 9.17) is 4.74 Å². The Balaban J connectivity index is 1.37.